The third kappa shape index (κ3) is 3.43. The maximum atomic E-state index is 13.2. The number of pyridine rings is 1. The number of fused-ring (bicyclic) bond motifs is 1. The van der Waals surface area contributed by atoms with Gasteiger partial charge in [0, 0.05) is 12.7 Å². The number of anilines is 1. The number of aromatic nitrogens is 5. The fourth-order valence-corrected chi connectivity index (χ4v) is 2.57. The van der Waals surface area contributed by atoms with Crippen molar-refractivity contribution >= 4 is 17.3 Å². The zero-order valence-electron chi connectivity index (χ0n) is 14.3. The molecule has 0 aliphatic carbocycles. The van der Waals surface area contributed by atoms with Gasteiger partial charge in [-0.25, -0.2) is 15.0 Å². The number of aryl methyl sites for hydroxylation is 1. The SMILES string of the molecule is CN/C=C\C(=N)c1nc(N)n2ncnc2c1-c1cc(C)nc(C(F)(F)F)c1. The lowest BCUT2D eigenvalue weighted by molar-refractivity contribution is -0.141. The molecule has 0 radical (unpaired) electrons. The lowest BCUT2D eigenvalue weighted by Gasteiger charge is -2.14. The van der Waals surface area contributed by atoms with E-state index in [2.05, 4.69) is 25.4 Å². The highest BCUT2D eigenvalue weighted by Crippen LogP contribution is 2.34. The Bertz CT molecular complexity index is 1050. The van der Waals surface area contributed by atoms with Gasteiger partial charge in [-0.05, 0) is 36.9 Å². The average molecular weight is 376 g/mol. The highest BCUT2D eigenvalue weighted by atomic mass is 19.4. The van der Waals surface area contributed by atoms with Crippen molar-refractivity contribution in [1.82, 2.24) is 29.9 Å². The fourth-order valence-electron chi connectivity index (χ4n) is 2.57. The molecule has 27 heavy (non-hydrogen) atoms. The Morgan fingerprint density at radius 1 is 1.30 bits per heavy atom. The van der Waals surface area contributed by atoms with Crippen molar-refractivity contribution in [2.24, 2.45) is 0 Å². The van der Waals surface area contributed by atoms with Crippen molar-refractivity contribution < 1.29 is 13.2 Å². The van der Waals surface area contributed by atoms with Crippen molar-refractivity contribution in [3.63, 3.8) is 0 Å². The van der Waals surface area contributed by atoms with E-state index in [9.17, 15) is 13.2 Å². The molecule has 0 aliphatic rings. The topological polar surface area (TPSA) is 118 Å². The molecule has 0 unspecified atom stereocenters. The number of rotatable bonds is 4. The van der Waals surface area contributed by atoms with Crippen LogP contribution in [0.15, 0.2) is 30.7 Å². The quantitative estimate of drug-likeness (QED) is 0.601. The fraction of sp³-hybridized carbons (Fsp3) is 0.188. The van der Waals surface area contributed by atoms with Gasteiger partial charge in [0.05, 0.1) is 11.3 Å². The van der Waals surface area contributed by atoms with Crippen LogP contribution in [0.25, 0.3) is 16.8 Å². The number of hydrogen-bond acceptors (Lipinski definition) is 7. The van der Waals surface area contributed by atoms with Crippen molar-refractivity contribution in [3.05, 3.63) is 47.8 Å². The molecule has 3 rings (SSSR count). The summed E-state index contributed by atoms with van der Waals surface area (Å²) in [6, 6.07) is 2.36. The van der Waals surface area contributed by atoms with Gasteiger partial charge in [0.1, 0.15) is 17.7 Å². The number of nitrogens with two attached hydrogens (primary N) is 1. The van der Waals surface area contributed by atoms with Crippen LogP contribution >= 0.6 is 0 Å². The van der Waals surface area contributed by atoms with Crippen molar-refractivity contribution in [2.75, 3.05) is 12.8 Å². The second-order valence-corrected chi connectivity index (χ2v) is 5.60. The van der Waals surface area contributed by atoms with Crippen LogP contribution in [0.5, 0.6) is 0 Å². The van der Waals surface area contributed by atoms with Crippen LogP contribution in [-0.2, 0) is 6.18 Å². The first-order valence-corrected chi connectivity index (χ1v) is 7.70. The minimum Gasteiger partial charge on any atom is -0.394 e. The van der Waals surface area contributed by atoms with Gasteiger partial charge in [0.25, 0.3) is 0 Å². The highest BCUT2D eigenvalue weighted by molar-refractivity contribution is 6.11. The first-order chi connectivity index (χ1) is 12.7. The van der Waals surface area contributed by atoms with E-state index in [-0.39, 0.29) is 39.8 Å². The smallest absolute Gasteiger partial charge is 0.394 e. The van der Waals surface area contributed by atoms with Crippen LogP contribution in [0.1, 0.15) is 17.1 Å². The molecule has 3 aromatic rings. The zero-order valence-corrected chi connectivity index (χ0v) is 14.3. The summed E-state index contributed by atoms with van der Waals surface area (Å²) < 4.78 is 40.8. The molecule has 0 saturated carbocycles. The maximum absolute atomic E-state index is 13.2. The van der Waals surface area contributed by atoms with Crippen LogP contribution in [0, 0.1) is 12.3 Å². The molecule has 0 fully saturated rings. The molecule has 140 valence electrons. The Labute approximate surface area is 151 Å². The molecule has 0 saturated heterocycles. The second kappa shape index (κ2) is 6.67. The number of nitrogens with one attached hydrogen (secondary N) is 2. The molecule has 0 aromatic carbocycles. The van der Waals surface area contributed by atoms with Crippen LogP contribution in [0.2, 0.25) is 0 Å². The van der Waals surface area contributed by atoms with Gasteiger partial charge in [0.15, 0.2) is 5.65 Å². The lowest BCUT2D eigenvalue weighted by atomic mass is 10.0. The van der Waals surface area contributed by atoms with Gasteiger partial charge >= 0.3 is 6.18 Å². The van der Waals surface area contributed by atoms with Gasteiger partial charge in [-0.15, -0.1) is 0 Å². The first kappa shape index (κ1) is 18.3. The Kier molecular flexibility index (Phi) is 4.52. The standard InChI is InChI=1S/C16H15F3N8/c1-8-5-9(6-11(25-8)16(17,18)19)12-13(10(20)3-4-22-2)26-15(21)27-14(12)23-7-24-27/h3-7,20,22H,1-2H3,(H2,21,26)/b4-3-,20-10?. The molecule has 8 nitrogen and oxygen atoms in total. The Balaban J connectivity index is 2.35. The number of allylic oxidation sites excluding steroid dienone is 1. The molecule has 3 heterocycles. The number of alkyl halides is 3. The second-order valence-electron chi connectivity index (χ2n) is 5.60. The maximum Gasteiger partial charge on any atom is 0.433 e. The molecule has 11 heteroatoms. The van der Waals surface area contributed by atoms with Crippen LogP contribution in [0.4, 0.5) is 19.1 Å². The van der Waals surface area contributed by atoms with E-state index >= 15 is 0 Å². The van der Waals surface area contributed by atoms with Gasteiger partial charge in [0.2, 0.25) is 5.95 Å². The number of hydrogen-bond donors (Lipinski definition) is 3. The molecule has 4 N–H and O–H groups in total. The minimum atomic E-state index is -4.62. The highest BCUT2D eigenvalue weighted by Gasteiger charge is 2.33. The Morgan fingerprint density at radius 3 is 2.70 bits per heavy atom. The Hall–Kier alpha value is -3.50. The summed E-state index contributed by atoms with van der Waals surface area (Å²) in [7, 11) is 1.65. The van der Waals surface area contributed by atoms with Crippen molar-refractivity contribution in [2.45, 2.75) is 13.1 Å². The molecule has 0 aliphatic heterocycles. The van der Waals surface area contributed by atoms with E-state index in [0.717, 1.165) is 6.07 Å². The predicted molar refractivity (Wildman–Crippen MR) is 93.2 cm³/mol. The van der Waals surface area contributed by atoms with Crippen LogP contribution in [-0.4, -0.2) is 37.3 Å². The Morgan fingerprint density at radius 2 is 2.04 bits per heavy atom. The van der Waals surface area contributed by atoms with Crippen LogP contribution < -0.4 is 11.1 Å². The molecule has 3 aromatic heterocycles. The van der Waals surface area contributed by atoms with Gasteiger partial charge in [-0.1, -0.05) is 0 Å². The van der Waals surface area contributed by atoms with E-state index in [1.807, 2.05) is 0 Å². The van der Waals surface area contributed by atoms with Gasteiger partial charge in [-0.3, -0.25) is 5.41 Å². The van der Waals surface area contributed by atoms with Crippen LogP contribution in [0.3, 0.4) is 0 Å². The van der Waals surface area contributed by atoms with Gasteiger partial charge < -0.3 is 11.1 Å². The van der Waals surface area contributed by atoms with Gasteiger partial charge in [-0.2, -0.15) is 22.8 Å². The first-order valence-electron chi connectivity index (χ1n) is 7.70. The molecule has 0 bridgehead atoms. The minimum absolute atomic E-state index is 0.0364. The van der Waals surface area contributed by atoms with E-state index < -0.39 is 11.9 Å². The summed E-state index contributed by atoms with van der Waals surface area (Å²) in [4.78, 5) is 11.8. The number of nitrogen functional groups attached to an aromatic ring is 1. The summed E-state index contributed by atoms with van der Waals surface area (Å²) in [5, 5.41) is 14.9. The predicted octanol–water partition coefficient (Wildman–Crippen LogP) is 2.20. The third-order valence-corrected chi connectivity index (χ3v) is 3.66. The summed E-state index contributed by atoms with van der Waals surface area (Å²) in [6.07, 6.45) is -0.494. The van der Waals surface area contributed by atoms with Crippen molar-refractivity contribution in [3.8, 4) is 11.1 Å². The number of halogens is 3. The largest absolute Gasteiger partial charge is 0.433 e. The molecule has 0 amide bonds. The summed E-state index contributed by atoms with van der Waals surface area (Å²) in [5.41, 5.74) is 5.58. The van der Waals surface area contributed by atoms with Crippen molar-refractivity contribution in [1.29, 1.82) is 5.41 Å². The average Bonchev–Trinajstić information content (AvgIpc) is 3.08. The third-order valence-electron chi connectivity index (χ3n) is 3.66. The summed E-state index contributed by atoms with van der Waals surface area (Å²) in [5.74, 6) is -0.0364. The summed E-state index contributed by atoms with van der Waals surface area (Å²) >= 11 is 0. The molecule has 0 spiro atoms. The molecular formula is C16H15F3N8. The summed E-state index contributed by atoms with van der Waals surface area (Å²) in [6.45, 7) is 1.45. The normalized spacial score (nSPS) is 12.0. The van der Waals surface area contributed by atoms with E-state index in [1.165, 1.54) is 36.1 Å². The zero-order chi connectivity index (χ0) is 19.8. The molecular weight excluding hydrogens is 361 g/mol. The van der Waals surface area contributed by atoms with E-state index in [4.69, 9.17) is 11.1 Å². The van der Waals surface area contributed by atoms with E-state index in [1.54, 1.807) is 7.05 Å². The number of nitrogens with zero attached hydrogens (tertiary/aromatic N) is 5. The van der Waals surface area contributed by atoms with E-state index in [0.29, 0.717) is 0 Å². The molecule has 0 atom stereocenters. The monoisotopic (exact) mass is 376 g/mol. The lowest BCUT2D eigenvalue weighted by Crippen LogP contribution is -2.13.